The first-order valence-corrected chi connectivity index (χ1v) is 5.60. The van der Waals surface area contributed by atoms with Crippen molar-refractivity contribution in [3.8, 4) is 0 Å². The second kappa shape index (κ2) is 4.98. The molecule has 1 heteroatoms. The van der Waals surface area contributed by atoms with E-state index < -0.39 is 5.60 Å². The molecule has 1 N–H and O–H groups in total. The van der Waals surface area contributed by atoms with Crippen molar-refractivity contribution in [1.29, 1.82) is 0 Å². The van der Waals surface area contributed by atoms with Crippen molar-refractivity contribution in [2.75, 3.05) is 0 Å². The smallest absolute Gasteiger partial charge is 0.0627 e. The highest BCUT2D eigenvalue weighted by Gasteiger charge is 2.35. The van der Waals surface area contributed by atoms with E-state index >= 15 is 0 Å². The third-order valence-electron chi connectivity index (χ3n) is 2.90. The summed E-state index contributed by atoms with van der Waals surface area (Å²) >= 11 is 0. The summed E-state index contributed by atoms with van der Waals surface area (Å²) in [6, 6.07) is 0. The molecule has 0 aromatic rings. The van der Waals surface area contributed by atoms with Crippen LogP contribution < -0.4 is 0 Å². The molecule has 0 aliphatic carbocycles. The second-order valence-electron chi connectivity index (χ2n) is 5.96. The lowest BCUT2D eigenvalue weighted by atomic mass is 9.70. The van der Waals surface area contributed by atoms with Gasteiger partial charge < -0.3 is 5.11 Å². The lowest BCUT2D eigenvalue weighted by molar-refractivity contribution is -0.0309. The largest absolute Gasteiger partial charge is 0.390 e. The fourth-order valence-corrected chi connectivity index (χ4v) is 2.09. The summed E-state index contributed by atoms with van der Waals surface area (Å²) in [7, 11) is 0. The summed E-state index contributed by atoms with van der Waals surface area (Å²) in [6.45, 7) is 16.1. The number of hydrogen-bond donors (Lipinski definition) is 1. The van der Waals surface area contributed by atoms with E-state index in [4.69, 9.17) is 0 Å². The van der Waals surface area contributed by atoms with E-state index in [1.165, 1.54) is 5.57 Å². The van der Waals surface area contributed by atoms with Crippen LogP contribution in [0.5, 0.6) is 0 Å². The van der Waals surface area contributed by atoms with E-state index in [1.807, 2.05) is 26.8 Å². The topological polar surface area (TPSA) is 20.2 Å². The molecule has 0 aromatic carbocycles. The molecule has 0 bridgehead atoms. The molecule has 0 heterocycles. The summed E-state index contributed by atoms with van der Waals surface area (Å²) in [5, 5.41) is 10.1. The molecular formula is C14H26O. The molecule has 1 unspecified atom stereocenters. The zero-order valence-electron chi connectivity index (χ0n) is 11.1. The predicted molar refractivity (Wildman–Crippen MR) is 67.8 cm³/mol. The standard InChI is InChI=1S/C14H26O/c1-8-11(2)9-10-12(13(3,4)5)14(6,7)15/h8-9,12,15H,1,10H2,2-7H3/b11-9+. The maximum absolute atomic E-state index is 10.1. The van der Waals surface area contributed by atoms with Gasteiger partial charge in [0.05, 0.1) is 5.60 Å². The van der Waals surface area contributed by atoms with Crippen molar-refractivity contribution >= 4 is 0 Å². The van der Waals surface area contributed by atoms with Crippen LogP contribution in [0.3, 0.4) is 0 Å². The van der Waals surface area contributed by atoms with Crippen molar-refractivity contribution in [3.05, 3.63) is 24.3 Å². The molecule has 0 saturated heterocycles. The van der Waals surface area contributed by atoms with Crippen LogP contribution in [0.4, 0.5) is 0 Å². The first kappa shape index (κ1) is 14.4. The molecule has 1 atom stereocenters. The Labute approximate surface area is 94.9 Å². The Bertz CT molecular complexity index is 221. The average molecular weight is 210 g/mol. The lowest BCUT2D eigenvalue weighted by Crippen LogP contribution is -2.39. The predicted octanol–water partition coefficient (Wildman–Crippen LogP) is 3.94. The quantitative estimate of drug-likeness (QED) is 0.697. The Morgan fingerprint density at radius 3 is 2.00 bits per heavy atom. The van der Waals surface area contributed by atoms with Gasteiger partial charge in [-0.1, -0.05) is 45.1 Å². The number of aliphatic hydroxyl groups is 1. The molecule has 0 amide bonds. The van der Waals surface area contributed by atoms with Gasteiger partial charge >= 0.3 is 0 Å². The minimum Gasteiger partial charge on any atom is -0.390 e. The minimum atomic E-state index is -0.643. The Balaban J connectivity index is 4.77. The maximum Gasteiger partial charge on any atom is 0.0627 e. The van der Waals surface area contributed by atoms with Gasteiger partial charge in [0.2, 0.25) is 0 Å². The molecule has 0 saturated carbocycles. The molecule has 0 fully saturated rings. The van der Waals surface area contributed by atoms with Crippen LogP contribution in [0.2, 0.25) is 0 Å². The van der Waals surface area contributed by atoms with Crippen molar-refractivity contribution in [3.63, 3.8) is 0 Å². The molecule has 0 aliphatic rings. The van der Waals surface area contributed by atoms with Gasteiger partial charge in [0.25, 0.3) is 0 Å². The third kappa shape index (κ3) is 5.17. The van der Waals surface area contributed by atoms with Gasteiger partial charge in [-0.25, -0.2) is 0 Å². The normalized spacial score (nSPS) is 16.3. The van der Waals surface area contributed by atoms with Crippen molar-refractivity contribution in [2.45, 2.75) is 53.6 Å². The Hall–Kier alpha value is -0.560. The van der Waals surface area contributed by atoms with Gasteiger partial charge in [-0.2, -0.15) is 0 Å². The van der Waals surface area contributed by atoms with Gasteiger partial charge in [0, 0.05) is 0 Å². The molecule has 0 aliphatic heterocycles. The van der Waals surface area contributed by atoms with E-state index in [-0.39, 0.29) is 11.3 Å². The highest BCUT2D eigenvalue weighted by atomic mass is 16.3. The van der Waals surface area contributed by atoms with Crippen LogP contribution in [0.25, 0.3) is 0 Å². The fourth-order valence-electron chi connectivity index (χ4n) is 2.09. The lowest BCUT2D eigenvalue weighted by Gasteiger charge is -2.39. The van der Waals surface area contributed by atoms with Gasteiger partial charge in [0.1, 0.15) is 0 Å². The summed E-state index contributed by atoms with van der Waals surface area (Å²) in [5.74, 6) is 0.250. The number of allylic oxidation sites excluding steroid dienone is 3. The molecule has 88 valence electrons. The Morgan fingerprint density at radius 2 is 1.73 bits per heavy atom. The Morgan fingerprint density at radius 1 is 1.27 bits per heavy atom. The van der Waals surface area contributed by atoms with Gasteiger partial charge in [-0.05, 0) is 38.5 Å². The Kier molecular flexibility index (Phi) is 4.79. The number of hydrogen-bond acceptors (Lipinski definition) is 1. The fraction of sp³-hybridized carbons (Fsp3) is 0.714. The minimum absolute atomic E-state index is 0.107. The third-order valence-corrected chi connectivity index (χ3v) is 2.90. The zero-order valence-corrected chi connectivity index (χ0v) is 11.1. The average Bonchev–Trinajstić information content (AvgIpc) is 1.99. The van der Waals surface area contributed by atoms with E-state index in [0.29, 0.717) is 0 Å². The maximum atomic E-state index is 10.1. The van der Waals surface area contributed by atoms with Crippen molar-refractivity contribution in [1.82, 2.24) is 0 Å². The molecule has 0 radical (unpaired) electrons. The summed E-state index contributed by atoms with van der Waals surface area (Å²) in [5.41, 5.74) is 0.639. The monoisotopic (exact) mass is 210 g/mol. The molecule has 0 aromatic heterocycles. The van der Waals surface area contributed by atoms with Crippen molar-refractivity contribution in [2.24, 2.45) is 11.3 Å². The summed E-state index contributed by atoms with van der Waals surface area (Å²) in [6.07, 6.45) is 4.90. The zero-order chi connectivity index (χ0) is 12.3. The molecule has 0 spiro atoms. The van der Waals surface area contributed by atoms with E-state index in [9.17, 15) is 5.11 Å². The van der Waals surface area contributed by atoms with Crippen LogP contribution >= 0.6 is 0 Å². The van der Waals surface area contributed by atoms with Gasteiger partial charge in [-0.3, -0.25) is 0 Å². The molecule has 0 rings (SSSR count). The van der Waals surface area contributed by atoms with E-state index in [2.05, 4.69) is 33.4 Å². The van der Waals surface area contributed by atoms with Crippen LogP contribution in [0, 0.1) is 11.3 Å². The molecule has 1 nitrogen and oxygen atoms in total. The second-order valence-corrected chi connectivity index (χ2v) is 5.96. The highest BCUT2D eigenvalue weighted by molar-refractivity contribution is 5.13. The summed E-state index contributed by atoms with van der Waals surface area (Å²) in [4.78, 5) is 0. The first-order chi connectivity index (χ1) is 6.59. The summed E-state index contributed by atoms with van der Waals surface area (Å²) < 4.78 is 0. The SMILES string of the molecule is C=C/C(C)=C/CC(C(C)(C)C)C(C)(C)O. The van der Waals surface area contributed by atoms with Crippen LogP contribution in [-0.4, -0.2) is 10.7 Å². The number of rotatable bonds is 4. The first-order valence-electron chi connectivity index (χ1n) is 5.60. The molecular weight excluding hydrogens is 184 g/mol. The van der Waals surface area contributed by atoms with Crippen LogP contribution in [-0.2, 0) is 0 Å². The highest BCUT2D eigenvalue weighted by Crippen LogP contribution is 2.37. The van der Waals surface area contributed by atoms with E-state index in [1.54, 1.807) is 0 Å². The van der Waals surface area contributed by atoms with E-state index in [0.717, 1.165) is 6.42 Å². The van der Waals surface area contributed by atoms with Gasteiger partial charge in [0.15, 0.2) is 0 Å². The van der Waals surface area contributed by atoms with Gasteiger partial charge in [-0.15, -0.1) is 0 Å². The van der Waals surface area contributed by atoms with Crippen molar-refractivity contribution < 1.29 is 5.11 Å². The molecule has 15 heavy (non-hydrogen) atoms. The van der Waals surface area contributed by atoms with Crippen LogP contribution in [0.1, 0.15) is 48.0 Å². The van der Waals surface area contributed by atoms with Crippen LogP contribution in [0.15, 0.2) is 24.3 Å².